The molecule has 8 heteroatoms. The molecule has 0 radical (unpaired) electrons. The minimum Gasteiger partial charge on any atom is -0.469 e. The molecule has 0 unspecified atom stereocenters. The van der Waals surface area contributed by atoms with Gasteiger partial charge in [0.2, 0.25) is 8.32 Å². The topological polar surface area (TPSA) is 74.3 Å². The van der Waals surface area contributed by atoms with E-state index < -0.39 is 25.9 Å². The fourth-order valence-corrected chi connectivity index (χ4v) is 2.96. The van der Waals surface area contributed by atoms with Crippen molar-refractivity contribution in [2.75, 3.05) is 14.2 Å². The zero-order valence-corrected chi connectivity index (χ0v) is 16.4. The van der Waals surface area contributed by atoms with Gasteiger partial charge in [-0.15, -0.1) is 0 Å². The lowest BCUT2D eigenvalue weighted by molar-refractivity contribution is -0.345. The molecule has 0 aliphatic carbocycles. The Bertz CT molecular complexity index is 461. The van der Waals surface area contributed by atoms with E-state index in [9.17, 15) is 9.59 Å². The van der Waals surface area contributed by atoms with Gasteiger partial charge in [0.05, 0.1) is 26.2 Å². The minimum absolute atomic E-state index is 0.0497. The summed E-state index contributed by atoms with van der Waals surface area (Å²) in [5.74, 6) is -0.868. The summed E-state index contributed by atoms with van der Waals surface area (Å²) in [5, 5.41) is 1.29. The lowest BCUT2D eigenvalue weighted by atomic mass is 9.92. The molecule has 0 bridgehead atoms. The van der Waals surface area contributed by atoms with Gasteiger partial charge in [-0.05, 0) is 25.1 Å². The minimum atomic E-state index is -2.20. The predicted octanol–water partition coefficient (Wildman–Crippen LogP) is 2.42. The van der Waals surface area contributed by atoms with Crippen LogP contribution in [-0.4, -0.2) is 51.3 Å². The third-order valence-electron chi connectivity index (χ3n) is 4.62. The first-order chi connectivity index (χ1) is 10.4. The number of carbonyl (C=O) groups excluding carboxylic acids is 2. The SMILES string of the molecule is COC(=O)C[C@]1(C)C[C@H](C(=O)OC)ON1O[Si](C)(C)C(C)(C)C. The second-order valence-electron chi connectivity index (χ2n) is 7.68. The van der Waals surface area contributed by atoms with E-state index in [1.54, 1.807) is 0 Å². The van der Waals surface area contributed by atoms with Crippen LogP contribution in [0.15, 0.2) is 0 Å². The molecule has 134 valence electrons. The summed E-state index contributed by atoms with van der Waals surface area (Å²) in [4.78, 5) is 29.3. The number of esters is 2. The maximum atomic E-state index is 11.8. The Morgan fingerprint density at radius 3 is 2.26 bits per heavy atom. The van der Waals surface area contributed by atoms with Crippen LogP contribution in [0, 0.1) is 0 Å². The van der Waals surface area contributed by atoms with Crippen molar-refractivity contribution in [3.05, 3.63) is 0 Å². The van der Waals surface area contributed by atoms with E-state index in [1.807, 2.05) is 6.92 Å². The first kappa shape index (κ1) is 20.1. The molecule has 7 nitrogen and oxygen atoms in total. The summed E-state index contributed by atoms with van der Waals surface area (Å²) in [6.45, 7) is 12.3. The molecule has 0 saturated carbocycles. The van der Waals surface area contributed by atoms with Crippen LogP contribution in [-0.2, 0) is 28.4 Å². The summed E-state index contributed by atoms with van der Waals surface area (Å²) in [7, 11) is 0.440. The molecule has 0 aromatic heterocycles. The second-order valence-corrected chi connectivity index (χ2v) is 12.4. The van der Waals surface area contributed by atoms with Gasteiger partial charge < -0.3 is 14.0 Å². The molecular weight excluding hydrogens is 318 g/mol. The fraction of sp³-hybridized carbons (Fsp3) is 0.867. The van der Waals surface area contributed by atoms with Crippen LogP contribution >= 0.6 is 0 Å². The van der Waals surface area contributed by atoms with Gasteiger partial charge in [0.15, 0.2) is 6.10 Å². The van der Waals surface area contributed by atoms with E-state index in [0.717, 1.165) is 0 Å². The highest BCUT2D eigenvalue weighted by atomic mass is 28.4. The van der Waals surface area contributed by atoms with E-state index in [2.05, 4.69) is 33.9 Å². The van der Waals surface area contributed by atoms with Crippen molar-refractivity contribution >= 4 is 20.3 Å². The lowest BCUT2D eigenvalue weighted by Crippen LogP contribution is -2.52. The molecule has 1 rings (SSSR count). The van der Waals surface area contributed by atoms with E-state index in [4.69, 9.17) is 18.8 Å². The summed E-state index contributed by atoms with van der Waals surface area (Å²) in [6, 6.07) is 0. The number of carbonyl (C=O) groups is 2. The molecular formula is C15H29NO6Si. The van der Waals surface area contributed by atoms with Crippen molar-refractivity contribution in [1.29, 1.82) is 0 Å². The maximum Gasteiger partial charge on any atom is 0.337 e. The normalized spacial score (nSPS) is 26.2. The van der Waals surface area contributed by atoms with E-state index in [-0.39, 0.29) is 17.4 Å². The molecule has 0 aromatic carbocycles. The first-order valence-electron chi connectivity index (χ1n) is 7.67. The molecule has 0 spiro atoms. The van der Waals surface area contributed by atoms with Crippen LogP contribution < -0.4 is 0 Å². The zero-order chi connectivity index (χ0) is 18.1. The third-order valence-corrected chi connectivity index (χ3v) is 8.86. The number of nitrogens with zero attached hydrogens (tertiary/aromatic N) is 1. The van der Waals surface area contributed by atoms with Crippen molar-refractivity contribution in [3.8, 4) is 0 Å². The highest BCUT2D eigenvalue weighted by Crippen LogP contribution is 2.42. The Balaban J connectivity index is 3.03. The fourth-order valence-electron chi connectivity index (χ4n) is 2.01. The molecule has 1 aliphatic rings. The van der Waals surface area contributed by atoms with Crippen molar-refractivity contribution in [3.63, 3.8) is 0 Å². The molecule has 2 atom stereocenters. The molecule has 0 aromatic rings. The van der Waals surface area contributed by atoms with E-state index in [0.29, 0.717) is 6.42 Å². The van der Waals surface area contributed by atoms with Crippen molar-refractivity contribution in [2.45, 2.75) is 70.3 Å². The van der Waals surface area contributed by atoms with Crippen molar-refractivity contribution in [1.82, 2.24) is 5.23 Å². The molecule has 23 heavy (non-hydrogen) atoms. The van der Waals surface area contributed by atoms with Gasteiger partial charge in [-0.1, -0.05) is 26.0 Å². The van der Waals surface area contributed by atoms with Gasteiger partial charge in [0.1, 0.15) is 0 Å². The van der Waals surface area contributed by atoms with Crippen molar-refractivity contribution < 1.29 is 28.4 Å². The van der Waals surface area contributed by atoms with Gasteiger partial charge in [-0.3, -0.25) is 9.63 Å². The van der Waals surface area contributed by atoms with Crippen LogP contribution in [0.2, 0.25) is 18.1 Å². The molecule has 1 heterocycles. The van der Waals surface area contributed by atoms with Crippen LogP contribution in [0.4, 0.5) is 0 Å². The summed E-state index contributed by atoms with van der Waals surface area (Å²) < 4.78 is 15.7. The standard InChI is InChI=1S/C15H29NO6Si/c1-14(2,3)23(7,8)22-16-15(4,10-12(17)19-5)9-11(21-16)13(18)20-6/h11H,9-10H2,1-8H3/t11-,15+/m1/s1. The summed E-state index contributed by atoms with van der Waals surface area (Å²) in [5.41, 5.74) is -0.790. The lowest BCUT2D eigenvalue weighted by Gasteiger charge is -2.41. The number of methoxy groups -OCH3 is 2. The average molecular weight is 347 g/mol. The van der Waals surface area contributed by atoms with Gasteiger partial charge >= 0.3 is 11.9 Å². The van der Waals surface area contributed by atoms with E-state index in [1.165, 1.54) is 19.4 Å². The van der Waals surface area contributed by atoms with Crippen LogP contribution in [0.3, 0.4) is 0 Å². The van der Waals surface area contributed by atoms with Gasteiger partial charge in [-0.25, -0.2) is 4.79 Å². The first-order valence-corrected chi connectivity index (χ1v) is 10.6. The number of hydroxylamine groups is 2. The molecule has 1 saturated heterocycles. The molecule has 1 fully saturated rings. The zero-order valence-electron chi connectivity index (χ0n) is 15.4. The second kappa shape index (κ2) is 6.88. The smallest absolute Gasteiger partial charge is 0.337 e. The van der Waals surface area contributed by atoms with Crippen LogP contribution in [0.25, 0.3) is 0 Å². The van der Waals surface area contributed by atoms with Crippen LogP contribution in [0.5, 0.6) is 0 Å². The van der Waals surface area contributed by atoms with Gasteiger partial charge in [0, 0.05) is 6.42 Å². The molecule has 0 N–H and O–H groups in total. The number of hydrogen-bond acceptors (Lipinski definition) is 7. The summed E-state index contributed by atoms with van der Waals surface area (Å²) >= 11 is 0. The largest absolute Gasteiger partial charge is 0.469 e. The number of hydrogen-bond donors (Lipinski definition) is 0. The molecule has 0 amide bonds. The Hall–Kier alpha value is -0.963. The Kier molecular flexibility index (Phi) is 6.01. The highest BCUT2D eigenvalue weighted by Gasteiger charge is 2.53. The van der Waals surface area contributed by atoms with Gasteiger partial charge in [0.25, 0.3) is 0 Å². The maximum absolute atomic E-state index is 11.8. The summed E-state index contributed by atoms with van der Waals surface area (Å²) in [6.07, 6.45) is -0.436. The average Bonchev–Trinajstić information content (AvgIpc) is 2.73. The predicted molar refractivity (Wildman–Crippen MR) is 86.7 cm³/mol. The number of ether oxygens (including phenoxy) is 2. The monoisotopic (exact) mass is 347 g/mol. The highest BCUT2D eigenvalue weighted by molar-refractivity contribution is 6.74. The van der Waals surface area contributed by atoms with E-state index >= 15 is 0 Å². The van der Waals surface area contributed by atoms with Crippen LogP contribution in [0.1, 0.15) is 40.5 Å². The Labute approximate surface area is 139 Å². The van der Waals surface area contributed by atoms with Gasteiger partial charge in [-0.2, -0.15) is 0 Å². The Morgan fingerprint density at radius 2 is 1.83 bits per heavy atom. The van der Waals surface area contributed by atoms with Crippen molar-refractivity contribution in [2.24, 2.45) is 0 Å². The third kappa shape index (κ3) is 4.53. The molecule has 1 aliphatic heterocycles. The number of rotatable bonds is 5. The Morgan fingerprint density at radius 1 is 1.26 bits per heavy atom. The quantitative estimate of drug-likeness (QED) is 0.558.